The van der Waals surface area contributed by atoms with Gasteiger partial charge in [-0.1, -0.05) is 264 Å². The van der Waals surface area contributed by atoms with E-state index >= 15 is 0 Å². The van der Waals surface area contributed by atoms with Crippen LogP contribution < -0.4 is 0 Å². The lowest BCUT2D eigenvalue weighted by Gasteiger charge is -2.38. The predicted octanol–water partition coefficient (Wildman–Crippen LogP) is 21.0. The molecule has 3 fully saturated rings. The molecule has 8 heteroatoms. The molecule has 2 unspecified atom stereocenters. The molecule has 4 rings (SSSR count). The number of halogens is 2. The second kappa shape index (κ2) is 36.8. The van der Waals surface area contributed by atoms with Crippen LogP contribution >= 0.6 is 37.2 Å². The monoisotopic (exact) mass is 1390 g/mol. The molecule has 0 aromatic rings. The van der Waals surface area contributed by atoms with Gasteiger partial charge in [0.1, 0.15) is 0 Å². The molecule has 6 atom stereocenters. The van der Waals surface area contributed by atoms with E-state index in [0.29, 0.717) is 32.1 Å². The predicted molar refractivity (Wildman–Crippen MR) is 387 cm³/mol. The number of hydrogen-bond acceptors (Lipinski definition) is 6. The number of hydrogen-bond donors (Lipinski definition) is 3. The Morgan fingerprint density at radius 2 is 0.686 bits per heavy atom. The number of rotatable bonds is 23. The van der Waals surface area contributed by atoms with E-state index in [9.17, 15) is 29.7 Å². The molecule has 0 aliphatic heterocycles. The summed E-state index contributed by atoms with van der Waals surface area (Å²) in [6.45, 7) is 36.8. The summed E-state index contributed by atoms with van der Waals surface area (Å²) in [5.41, 5.74) is 9.38. The van der Waals surface area contributed by atoms with Crippen molar-refractivity contribution in [2.24, 2.45) is 32.5 Å². The number of carbonyl (C=O) groups is 3. The average Bonchev–Trinajstić information content (AvgIpc) is 2.43. The zero-order chi connectivity index (χ0) is 65.1. The zero-order valence-corrected chi connectivity index (χ0v) is 60.1. The minimum atomic E-state index is -0.542. The summed E-state index contributed by atoms with van der Waals surface area (Å²) in [5.74, 6) is 0.242. The maximum atomic E-state index is 12.9. The van der Waals surface area contributed by atoms with Gasteiger partial charge >= 0.3 is 0 Å². The lowest BCUT2D eigenvalue weighted by atomic mass is 9.66. The van der Waals surface area contributed by atoms with E-state index in [0.717, 1.165) is 39.9 Å². The number of carbonyl (C=O) groups excluding carboxylic acids is 3. The molecule has 4 aliphatic carbocycles. The van der Waals surface area contributed by atoms with E-state index in [1.54, 1.807) is 23.8 Å². The number of aliphatic hydroxyl groups is 3. The fourth-order valence-corrected chi connectivity index (χ4v) is 11.4. The number of aliphatic hydroxyl groups excluding tert-OH is 3. The van der Waals surface area contributed by atoms with Crippen molar-refractivity contribution in [3.8, 4) is 0 Å². The van der Waals surface area contributed by atoms with Gasteiger partial charge in [0.05, 0.1) is 18.3 Å². The molecular formula is C78H108I2O6. The lowest BCUT2D eigenvalue weighted by Crippen LogP contribution is -2.41. The normalized spacial score (nSPS) is 27.5. The van der Waals surface area contributed by atoms with Gasteiger partial charge in [-0.3, -0.25) is 14.4 Å². The first-order valence-electron chi connectivity index (χ1n) is 30.9. The number of ketones is 3. The smallest absolute Gasteiger partial charge is 0.162 e. The van der Waals surface area contributed by atoms with Crippen molar-refractivity contribution < 1.29 is 29.7 Å². The first kappa shape index (κ1) is 77.5. The summed E-state index contributed by atoms with van der Waals surface area (Å²) in [4.78, 5) is 38.8. The molecule has 0 spiro atoms. The first-order valence-corrected chi connectivity index (χ1v) is 37.1. The van der Waals surface area contributed by atoms with Crippen molar-refractivity contribution in [1.82, 2.24) is 0 Å². The second-order valence-electron chi connectivity index (χ2n) is 27.1. The van der Waals surface area contributed by atoms with E-state index in [1.165, 1.54) is 42.4 Å². The van der Waals surface area contributed by atoms with E-state index in [2.05, 4.69) is 153 Å². The van der Waals surface area contributed by atoms with Crippen LogP contribution in [0.1, 0.15) is 189 Å². The van der Waals surface area contributed by atoms with Crippen molar-refractivity contribution in [3.05, 3.63) is 226 Å². The summed E-state index contributed by atoms with van der Waals surface area (Å²) in [6, 6.07) is 0. The van der Waals surface area contributed by atoms with Crippen LogP contribution in [-0.2, 0) is 14.4 Å². The highest BCUT2D eigenvalue weighted by molar-refractivity contribution is 15.0. The van der Waals surface area contributed by atoms with Gasteiger partial charge in [-0.25, -0.2) is 0 Å². The van der Waals surface area contributed by atoms with Crippen LogP contribution in [0, 0.1) is 32.5 Å². The van der Waals surface area contributed by atoms with Gasteiger partial charge in [0.2, 0.25) is 0 Å². The van der Waals surface area contributed by atoms with Gasteiger partial charge in [0, 0.05) is 58.9 Å². The summed E-state index contributed by atoms with van der Waals surface area (Å²) < 4.78 is 0. The minimum Gasteiger partial charge on any atom is -0.393 e. The van der Waals surface area contributed by atoms with Crippen LogP contribution in [0.5, 0.6) is 0 Å². The van der Waals surface area contributed by atoms with Crippen LogP contribution in [0.15, 0.2) is 226 Å². The molecule has 0 aromatic carbocycles. The Labute approximate surface area is 545 Å². The molecule has 0 heterocycles. The SMILES string of the molecule is CC(/C=C/C=C(C)/C=C/C(=O)[C@]1(C)C[C@@H](O)CC1(C)C)=C\C=C\C=C(C)\C=C\C=C(C)\C=C\C(=O)[C@]1(C)C[C@@H](O)CC1(C)C.CC1=C(/C=C/C(C)=C/C=C/C(C)=C/C=C/C=C(C)/C=C/C=C(C)/C=C/C(=O)C2(C)CCC(O)C2(C)C)CCCC1.II. The van der Waals surface area contributed by atoms with Crippen molar-refractivity contribution in [2.75, 3.05) is 0 Å². The maximum Gasteiger partial charge on any atom is 0.162 e. The maximum absolute atomic E-state index is 12.9. The Kier molecular flexibility index (Phi) is 33.2. The third-order valence-corrected chi connectivity index (χ3v) is 18.9. The van der Waals surface area contributed by atoms with Crippen LogP contribution in [-0.4, -0.2) is 51.0 Å². The van der Waals surface area contributed by atoms with Crippen molar-refractivity contribution in [3.63, 3.8) is 0 Å². The molecular weight excluding hydrogens is 1290 g/mol. The molecule has 0 amide bonds. The minimum absolute atomic E-state index is 0.0742. The van der Waals surface area contributed by atoms with Gasteiger partial charge in [-0.15, -0.1) is 0 Å². The van der Waals surface area contributed by atoms with E-state index in [4.69, 9.17) is 0 Å². The summed E-state index contributed by atoms with van der Waals surface area (Å²) in [6.07, 6.45) is 63.5. The van der Waals surface area contributed by atoms with Crippen molar-refractivity contribution in [2.45, 2.75) is 207 Å². The molecule has 4 aliphatic rings. The third-order valence-electron chi connectivity index (χ3n) is 18.9. The average molecular weight is 1400 g/mol. The Morgan fingerprint density at radius 3 is 0.977 bits per heavy atom. The fraction of sp³-hybridized carbons (Fsp3) is 0.474. The fourth-order valence-electron chi connectivity index (χ4n) is 11.4. The largest absolute Gasteiger partial charge is 0.393 e. The highest BCUT2D eigenvalue weighted by Gasteiger charge is 2.55. The Bertz CT molecular complexity index is 2840. The van der Waals surface area contributed by atoms with Gasteiger partial charge in [-0.2, -0.15) is 0 Å². The molecule has 0 aromatic heterocycles. The summed E-state index contributed by atoms with van der Waals surface area (Å²) in [7, 11) is 0. The molecule has 470 valence electrons. The number of allylic oxidation sites excluding steroid dienone is 38. The summed E-state index contributed by atoms with van der Waals surface area (Å²) in [5, 5.41) is 30.5. The molecule has 6 nitrogen and oxygen atoms in total. The third kappa shape index (κ3) is 24.4. The highest BCUT2D eigenvalue weighted by Crippen LogP contribution is 2.55. The topological polar surface area (TPSA) is 112 Å². The molecule has 3 saturated carbocycles. The molecule has 86 heavy (non-hydrogen) atoms. The second-order valence-corrected chi connectivity index (χ2v) is 27.1. The van der Waals surface area contributed by atoms with E-state index in [1.807, 2.05) is 160 Å². The molecule has 0 saturated heterocycles. The van der Waals surface area contributed by atoms with Crippen molar-refractivity contribution >= 4 is 54.6 Å². The zero-order valence-electron chi connectivity index (χ0n) is 55.8. The molecule has 3 N–H and O–H groups in total. The van der Waals surface area contributed by atoms with E-state index < -0.39 is 40.0 Å². The van der Waals surface area contributed by atoms with Crippen LogP contribution in [0.4, 0.5) is 0 Å². The summed E-state index contributed by atoms with van der Waals surface area (Å²) >= 11 is 4.24. The van der Waals surface area contributed by atoms with Gasteiger partial charge in [0.25, 0.3) is 0 Å². The quantitative estimate of drug-likeness (QED) is 0.0534. The van der Waals surface area contributed by atoms with Gasteiger partial charge in [-0.05, 0) is 161 Å². The van der Waals surface area contributed by atoms with Crippen molar-refractivity contribution in [1.29, 1.82) is 0 Å². The lowest BCUT2D eigenvalue weighted by molar-refractivity contribution is -0.130. The molecule has 0 bridgehead atoms. The van der Waals surface area contributed by atoms with Gasteiger partial charge in [0.15, 0.2) is 17.3 Å². The van der Waals surface area contributed by atoms with Crippen LogP contribution in [0.3, 0.4) is 0 Å². The van der Waals surface area contributed by atoms with Crippen LogP contribution in [0.2, 0.25) is 0 Å². The Morgan fingerprint density at radius 1 is 0.395 bits per heavy atom. The van der Waals surface area contributed by atoms with Crippen LogP contribution in [0.25, 0.3) is 0 Å². The van der Waals surface area contributed by atoms with Gasteiger partial charge < -0.3 is 15.3 Å². The molecule has 0 radical (unpaired) electrons. The first-order chi connectivity index (χ1) is 40.2. The highest BCUT2D eigenvalue weighted by atomic mass is 128. The standard InChI is InChI=1S/C40H56O4.C38H52O2.I2/c1-29(17-13-19-31(3)21-23-35(43)39(9)27-33(41)25-37(39,5)6)15-11-12-16-30(2)18-14-20-32(4)22-24-36(44)40(10)28-34(42)26-38(40,7)8;1-29(17-13-19-31(3)23-25-34-22-12-11-21-33(34)5)15-9-10-16-30(2)18-14-20-32(4)24-26-36(40)38(8)28-27-35(39)37(38,6)7;1-2/h11-24,33-34,41-42H,25-28H2,1-10H3;9-10,13-20,23-26,35,39H,11-12,21-22,27-28H2,1-8H3;/b12-11+,17-13+,18-14+,23-21+,24-22+,29-15+,30-16+,31-19+,32-20+;10-9+,17-13+,18-14+,25-23+,26-24+,29-15+,30-16+,31-19+,32-20+;/t33-,34-,39-,40-;;/m0../s1. The Hall–Kier alpha value is -4.59. The Balaban J connectivity index is 0.000000573. The van der Waals surface area contributed by atoms with E-state index in [-0.39, 0.29) is 28.2 Å².